The lowest BCUT2D eigenvalue weighted by atomic mass is 10.1. The van der Waals surface area contributed by atoms with E-state index in [1.807, 2.05) is 18.2 Å². The van der Waals surface area contributed by atoms with Gasteiger partial charge in [0.2, 0.25) is 0 Å². The lowest BCUT2D eigenvalue weighted by molar-refractivity contribution is 0.0530. The molecule has 0 fully saturated rings. The van der Waals surface area contributed by atoms with Crippen LogP contribution in [0, 0.1) is 0 Å². The summed E-state index contributed by atoms with van der Waals surface area (Å²) in [5.74, 6) is 0. The van der Waals surface area contributed by atoms with Gasteiger partial charge in [0.25, 0.3) is 0 Å². The first-order valence-corrected chi connectivity index (χ1v) is 8.66. The molecule has 0 saturated heterocycles. The first kappa shape index (κ1) is 18.5. The maximum absolute atomic E-state index is 11.4. The van der Waals surface area contributed by atoms with Crippen LogP contribution < -0.4 is 0 Å². The normalized spacial score (nSPS) is 10.4. The zero-order valence-corrected chi connectivity index (χ0v) is 13.9. The van der Waals surface area contributed by atoms with Crippen molar-refractivity contribution in [3.05, 3.63) is 35.9 Å². The van der Waals surface area contributed by atoms with Crippen LogP contribution in [0.1, 0.15) is 63.9 Å². The minimum absolute atomic E-state index is 0.447. The minimum atomic E-state index is -0.520. The lowest BCUT2D eigenvalue weighted by Gasteiger charge is -2.06. The summed E-state index contributed by atoms with van der Waals surface area (Å²) in [5.41, 5.74) is 1.33. The van der Waals surface area contributed by atoms with Crippen molar-refractivity contribution in [3.8, 4) is 0 Å². The molecule has 1 aromatic rings. The van der Waals surface area contributed by atoms with Gasteiger partial charge in [-0.2, -0.15) is 0 Å². The van der Waals surface area contributed by atoms with Gasteiger partial charge < -0.3 is 9.47 Å². The van der Waals surface area contributed by atoms with Crippen LogP contribution >= 0.6 is 0 Å². The standard InChI is InChI=1S/C19H30O3/c1-2-3-4-5-6-11-16-21-19(20)22-17-12-10-15-18-13-8-7-9-14-18/h7-9,13-14H,2-6,10-12,15-17H2,1H3. The van der Waals surface area contributed by atoms with E-state index >= 15 is 0 Å². The number of carbonyl (C=O) groups is 1. The minimum Gasteiger partial charge on any atom is -0.434 e. The third kappa shape index (κ3) is 10.3. The zero-order chi connectivity index (χ0) is 15.9. The summed E-state index contributed by atoms with van der Waals surface area (Å²) in [5, 5.41) is 0. The Morgan fingerprint density at radius 3 is 2.09 bits per heavy atom. The Hall–Kier alpha value is -1.51. The van der Waals surface area contributed by atoms with Crippen molar-refractivity contribution < 1.29 is 14.3 Å². The van der Waals surface area contributed by atoms with Crippen molar-refractivity contribution in [1.29, 1.82) is 0 Å². The van der Waals surface area contributed by atoms with Crippen molar-refractivity contribution >= 4 is 6.16 Å². The molecule has 0 unspecified atom stereocenters. The Morgan fingerprint density at radius 1 is 0.818 bits per heavy atom. The van der Waals surface area contributed by atoms with Crippen molar-refractivity contribution in [3.63, 3.8) is 0 Å². The topological polar surface area (TPSA) is 35.5 Å². The van der Waals surface area contributed by atoms with Crippen LogP contribution in [0.4, 0.5) is 4.79 Å². The van der Waals surface area contributed by atoms with Gasteiger partial charge in [-0.15, -0.1) is 0 Å². The molecule has 0 aliphatic heterocycles. The predicted molar refractivity (Wildman–Crippen MR) is 90.1 cm³/mol. The molecule has 0 radical (unpaired) electrons. The highest BCUT2D eigenvalue weighted by Gasteiger charge is 2.03. The van der Waals surface area contributed by atoms with Crippen LogP contribution in [0.3, 0.4) is 0 Å². The summed E-state index contributed by atoms with van der Waals surface area (Å²) in [6.07, 6.45) is 9.53. The molecule has 0 heterocycles. The number of hydrogen-bond donors (Lipinski definition) is 0. The van der Waals surface area contributed by atoms with Crippen molar-refractivity contribution in [2.75, 3.05) is 13.2 Å². The van der Waals surface area contributed by atoms with E-state index < -0.39 is 6.16 Å². The largest absolute Gasteiger partial charge is 0.508 e. The maximum atomic E-state index is 11.4. The smallest absolute Gasteiger partial charge is 0.434 e. The number of hydrogen-bond acceptors (Lipinski definition) is 3. The third-order valence-electron chi connectivity index (χ3n) is 3.64. The van der Waals surface area contributed by atoms with E-state index in [1.165, 1.54) is 31.2 Å². The van der Waals surface area contributed by atoms with Gasteiger partial charge in [-0.25, -0.2) is 4.79 Å². The molecule has 0 atom stereocenters. The van der Waals surface area contributed by atoms with E-state index in [-0.39, 0.29) is 0 Å². The van der Waals surface area contributed by atoms with Crippen LogP contribution in [0.25, 0.3) is 0 Å². The number of benzene rings is 1. The van der Waals surface area contributed by atoms with Crippen molar-refractivity contribution in [2.24, 2.45) is 0 Å². The summed E-state index contributed by atoms with van der Waals surface area (Å²) in [6.45, 7) is 3.14. The Balaban J connectivity index is 1.87. The van der Waals surface area contributed by atoms with E-state index in [1.54, 1.807) is 0 Å². The molecule has 0 N–H and O–H groups in total. The van der Waals surface area contributed by atoms with Gasteiger partial charge in [-0.1, -0.05) is 69.4 Å². The van der Waals surface area contributed by atoms with Gasteiger partial charge in [0.15, 0.2) is 0 Å². The van der Waals surface area contributed by atoms with E-state index in [4.69, 9.17) is 9.47 Å². The molecule has 0 aromatic heterocycles. The highest BCUT2D eigenvalue weighted by molar-refractivity contribution is 5.59. The molecule has 0 spiro atoms. The second kappa shape index (κ2) is 13.2. The van der Waals surface area contributed by atoms with Gasteiger partial charge >= 0.3 is 6.16 Å². The molecule has 0 amide bonds. The van der Waals surface area contributed by atoms with Crippen LogP contribution in [-0.4, -0.2) is 19.4 Å². The second-order valence-corrected chi connectivity index (χ2v) is 5.66. The van der Waals surface area contributed by atoms with Crippen molar-refractivity contribution in [2.45, 2.75) is 64.7 Å². The van der Waals surface area contributed by atoms with Crippen LogP contribution in [0.5, 0.6) is 0 Å². The van der Waals surface area contributed by atoms with E-state index in [2.05, 4.69) is 19.1 Å². The van der Waals surface area contributed by atoms with Gasteiger partial charge in [0.05, 0.1) is 13.2 Å². The Morgan fingerprint density at radius 2 is 1.41 bits per heavy atom. The molecule has 0 aliphatic rings. The molecular formula is C19H30O3. The Bertz CT molecular complexity index is 376. The zero-order valence-electron chi connectivity index (χ0n) is 13.9. The fourth-order valence-electron chi connectivity index (χ4n) is 2.31. The number of unbranched alkanes of at least 4 members (excludes halogenated alkanes) is 6. The third-order valence-corrected chi connectivity index (χ3v) is 3.64. The fourth-order valence-corrected chi connectivity index (χ4v) is 2.31. The molecule has 1 rings (SSSR count). The quantitative estimate of drug-likeness (QED) is 0.376. The highest BCUT2D eigenvalue weighted by Crippen LogP contribution is 2.06. The summed E-state index contributed by atoms with van der Waals surface area (Å²) in [6, 6.07) is 10.4. The van der Waals surface area contributed by atoms with Crippen LogP contribution in [-0.2, 0) is 15.9 Å². The van der Waals surface area contributed by atoms with Gasteiger partial charge in [-0.3, -0.25) is 0 Å². The molecule has 1 aromatic carbocycles. The number of ether oxygens (including phenoxy) is 2. The van der Waals surface area contributed by atoms with Gasteiger partial charge in [-0.05, 0) is 31.2 Å². The molecule has 3 nitrogen and oxygen atoms in total. The van der Waals surface area contributed by atoms with Crippen LogP contribution in [0.15, 0.2) is 30.3 Å². The molecule has 124 valence electrons. The first-order valence-electron chi connectivity index (χ1n) is 8.66. The number of carbonyl (C=O) groups excluding carboxylic acids is 1. The summed E-state index contributed by atoms with van der Waals surface area (Å²) < 4.78 is 10.1. The summed E-state index contributed by atoms with van der Waals surface area (Å²) >= 11 is 0. The van der Waals surface area contributed by atoms with Gasteiger partial charge in [0, 0.05) is 0 Å². The summed E-state index contributed by atoms with van der Waals surface area (Å²) in [4.78, 5) is 11.4. The average molecular weight is 306 g/mol. The molecule has 22 heavy (non-hydrogen) atoms. The molecular weight excluding hydrogens is 276 g/mol. The SMILES string of the molecule is CCCCCCCCOC(=O)OCCCCc1ccccc1. The van der Waals surface area contributed by atoms with E-state index in [0.717, 1.165) is 32.1 Å². The second-order valence-electron chi connectivity index (χ2n) is 5.66. The van der Waals surface area contributed by atoms with Crippen molar-refractivity contribution in [1.82, 2.24) is 0 Å². The molecule has 0 saturated carbocycles. The highest BCUT2D eigenvalue weighted by atomic mass is 16.7. The maximum Gasteiger partial charge on any atom is 0.508 e. The summed E-state index contributed by atoms with van der Waals surface area (Å²) in [7, 11) is 0. The van der Waals surface area contributed by atoms with E-state index in [0.29, 0.717) is 13.2 Å². The molecule has 0 bridgehead atoms. The van der Waals surface area contributed by atoms with Crippen LogP contribution in [0.2, 0.25) is 0 Å². The lowest BCUT2D eigenvalue weighted by Crippen LogP contribution is -2.09. The molecule has 3 heteroatoms. The average Bonchev–Trinajstić information content (AvgIpc) is 2.54. The fraction of sp³-hybridized carbons (Fsp3) is 0.632. The monoisotopic (exact) mass is 306 g/mol. The van der Waals surface area contributed by atoms with E-state index in [9.17, 15) is 4.79 Å². The predicted octanol–water partition coefficient (Wildman–Crippen LogP) is 5.52. The van der Waals surface area contributed by atoms with Gasteiger partial charge in [0.1, 0.15) is 0 Å². The number of rotatable bonds is 12. The molecule has 0 aliphatic carbocycles. The number of aryl methyl sites for hydroxylation is 1. The first-order chi connectivity index (χ1) is 10.8. The Labute approximate surface area is 135 Å². The Kier molecular flexibility index (Phi) is 11.1.